The fourth-order valence-electron chi connectivity index (χ4n) is 2.55. The molecule has 0 aliphatic carbocycles. The van der Waals surface area contributed by atoms with Crippen molar-refractivity contribution >= 4 is 50.9 Å². The van der Waals surface area contributed by atoms with E-state index < -0.39 is 11.9 Å². The third-order valence-corrected chi connectivity index (χ3v) is 5.24. The topological polar surface area (TPSA) is 125 Å². The molecule has 3 N–H and O–H groups in total. The number of fused-ring (bicyclic) bond motifs is 1. The van der Waals surface area contributed by atoms with Crippen LogP contribution in [0.3, 0.4) is 0 Å². The number of hydrogen-bond acceptors (Lipinski definition) is 9. The van der Waals surface area contributed by atoms with Crippen molar-refractivity contribution in [1.29, 1.82) is 0 Å². The summed E-state index contributed by atoms with van der Waals surface area (Å²) in [5, 5.41) is 10.6. The molecule has 0 radical (unpaired) electrons. The molecule has 0 aliphatic heterocycles. The molecule has 0 unspecified atom stereocenters. The Bertz CT molecular complexity index is 1080. The van der Waals surface area contributed by atoms with Crippen LogP contribution in [0.15, 0.2) is 18.2 Å². The summed E-state index contributed by atoms with van der Waals surface area (Å²) in [7, 11) is 0. The quantitative estimate of drug-likeness (QED) is 0.600. The Labute approximate surface area is 168 Å². The largest absolute Gasteiger partial charge is 0.507 e. The number of esters is 2. The Morgan fingerprint density at radius 3 is 2.71 bits per heavy atom. The first-order chi connectivity index (χ1) is 13.3. The summed E-state index contributed by atoms with van der Waals surface area (Å²) in [6.07, 6.45) is 0. The van der Waals surface area contributed by atoms with Crippen LogP contribution in [0.1, 0.15) is 38.3 Å². The number of carbonyl (C=O) groups excluding carboxylic acids is 2. The van der Waals surface area contributed by atoms with Crippen molar-refractivity contribution in [1.82, 2.24) is 9.97 Å². The van der Waals surface area contributed by atoms with E-state index in [1.54, 1.807) is 13.8 Å². The number of thiophene rings is 1. The molecular weight excluding hydrogens is 406 g/mol. The summed E-state index contributed by atoms with van der Waals surface area (Å²) < 4.78 is 10.2. The lowest BCUT2D eigenvalue weighted by molar-refractivity contribution is 0.0458. The van der Waals surface area contributed by atoms with Crippen LogP contribution in [0.25, 0.3) is 10.2 Å². The van der Waals surface area contributed by atoms with Crippen LogP contribution in [-0.2, 0) is 16.1 Å². The third kappa shape index (κ3) is 3.85. The molecule has 8 nitrogen and oxygen atoms in total. The second-order valence-corrected chi connectivity index (χ2v) is 7.15. The van der Waals surface area contributed by atoms with Gasteiger partial charge in [0.25, 0.3) is 0 Å². The van der Waals surface area contributed by atoms with Gasteiger partial charge < -0.3 is 20.3 Å². The summed E-state index contributed by atoms with van der Waals surface area (Å²) >= 11 is 6.96. The van der Waals surface area contributed by atoms with Crippen molar-refractivity contribution in [3.8, 4) is 5.75 Å². The van der Waals surface area contributed by atoms with E-state index in [1.165, 1.54) is 18.2 Å². The fourth-order valence-corrected chi connectivity index (χ4v) is 3.82. The SMILES string of the molecule is CCOC(=O)c1sc2nc(COC(=O)c3cc(Cl)ccc3O)nc(N)c2c1C. The number of nitrogens with two attached hydrogens (primary N) is 1. The molecule has 0 saturated heterocycles. The van der Waals surface area contributed by atoms with Gasteiger partial charge in [0, 0.05) is 5.02 Å². The minimum Gasteiger partial charge on any atom is -0.507 e. The Morgan fingerprint density at radius 1 is 1.25 bits per heavy atom. The van der Waals surface area contributed by atoms with Gasteiger partial charge in [0.05, 0.1) is 12.0 Å². The van der Waals surface area contributed by atoms with Gasteiger partial charge in [-0.05, 0) is 37.6 Å². The zero-order valence-electron chi connectivity index (χ0n) is 15.0. The van der Waals surface area contributed by atoms with Crippen molar-refractivity contribution < 1.29 is 24.2 Å². The number of aromatic hydroxyl groups is 1. The molecule has 2 heterocycles. The highest BCUT2D eigenvalue weighted by Gasteiger charge is 2.21. The second-order valence-electron chi connectivity index (χ2n) is 5.72. The lowest BCUT2D eigenvalue weighted by Crippen LogP contribution is -2.09. The number of halogens is 1. The van der Waals surface area contributed by atoms with Gasteiger partial charge in [-0.25, -0.2) is 19.6 Å². The van der Waals surface area contributed by atoms with Gasteiger partial charge in [-0.15, -0.1) is 11.3 Å². The minimum absolute atomic E-state index is 0.0712. The fraction of sp³-hybridized carbons (Fsp3) is 0.222. The summed E-state index contributed by atoms with van der Waals surface area (Å²) in [6, 6.07) is 4.04. The number of ether oxygens (including phenoxy) is 2. The molecule has 0 atom stereocenters. The van der Waals surface area contributed by atoms with Crippen molar-refractivity contribution in [3.63, 3.8) is 0 Å². The zero-order valence-corrected chi connectivity index (χ0v) is 16.6. The molecule has 0 amide bonds. The van der Waals surface area contributed by atoms with Gasteiger partial charge in [0.15, 0.2) is 12.4 Å². The number of phenols is 1. The number of nitrogens with zero attached hydrogens (tertiary/aromatic N) is 2. The number of phenolic OH excluding ortho intramolecular Hbond substituents is 1. The maximum Gasteiger partial charge on any atom is 0.348 e. The van der Waals surface area contributed by atoms with Gasteiger partial charge in [0.2, 0.25) is 0 Å². The predicted molar refractivity (Wildman–Crippen MR) is 105 cm³/mol. The standard InChI is InChI=1S/C18H16ClN3O5S/c1-3-26-18(25)14-8(2)13-15(20)21-12(22-16(13)28-14)7-27-17(24)10-6-9(19)4-5-11(10)23/h4-6,23H,3,7H2,1-2H3,(H2,20,21,22). The molecule has 3 aromatic rings. The smallest absolute Gasteiger partial charge is 0.348 e. The first kappa shape index (κ1) is 19.8. The van der Waals surface area contributed by atoms with E-state index in [0.29, 0.717) is 20.7 Å². The van der Waals surface area contributed by atoms with Gasteiger partial charge in [-0.2, -0.15) is 0 Å². The van der Waals surface area contributed by atoms with Crippen molar-refractivity contribution in [2.24, 2.45) is 0 Å². The molecule has 0 saturated carbocycles. The number of anilines is 1. The molecule has 10 heteroatoms. The lowest BCUT2D eigenvalue weighted by Gasteiger charge is -2.07. The van der Waals surface area contributed by atoms with Crippen LogP contribution in [0.4, 0.5) is 5.82 Å². The number of benzene rings is 1. The lowest BCUT2D eigenvalue weighted by atomic mass is 10.2. The molecular formula is C18H16ClN3O5S. The average Bonchev–Trinajstić information content (AvgIpc) is 2.99. The number of rotatable bonds is 5. The minimum atomic E-state index is -0.781. The van der Waals surface area contributed by atoms with Crippen LogP contribution in [0.5, 0.6) is 5.75 Å². The summed E-state index contributed by atoms with van der Waals surface area (Å²) in [6.45, 7) is 3.45. The third-order valence-electron chi connectivity index (χ3n) is 3.84. The molecule has 0 bridgehead atoms. The van der Waals surface area contributed by atoms with Gasteiger partial charge >= 0.3 is 11.9 Å². The summed E-state index contributed by atoms with van der Waals surface area (Å²) in [5.74, 6) is -1.15. The predicted octanol–water partition coefficient (Wildman–Crippen LogP) is 3.47. The van der Waals surface area contributed by atoms with Crippen LogP contribution < -0.4 is 5.73 Å². The molecule has 1 aromatic carbocycles. The van der Waals surface area contributed by atoms with Crippen LogP contribution >= 0.6 is 22.9 Å². The van der Waals surface area contributed by atoms with Gasteiger partial charge in [-0.1, -0.05) is 11.6 Å². The number of carbonyl (C=O) groups is 2. The molecule has 146 valence electrons. The van der Waals surface area contributed by atoms with Crippen LogP contribution in [-0.4, -0.2) is 33.6 Å². The van der Waals surface area contributed by atoms with E-state index in [-0.39, 0.29) is 41.2 Å². The van der Waals surface area contributed by atoms with Gasteiger partial charge in [-0.3, -0.25) is 0 Å². The molecule has 0 spiro atoms. The van der Waals surface area contributed by atoms with E-state index >= 15 is 0 Å². The number of aromatic nitrogens is 2. The highest BCUT2D eigenvalue weighted by atomic mass is 35.5. The molecule has 28 heavy (non-hydrogen) atoms. The Hall–Kier alpha value is -2.91. The van der Waals surface area contributed by atoms with Crippen molar-refractivity contribution in [2.75, 3.05) is 12.3 Å². The normalized spacial score (nSPS) is 10.8. The van der Waals surface area contributed by atoms with E-state index in [2.05, 4.69) is 9.97 Å². The number of aryl methyl sites for hydroxylation is 1. The monoisotopic (exact) mass is 421 g/mol. The molecule has 3 rings (SSSR count). The van der Waals surface area contributed by atoms with Crippen molar-refractivity contribution in [3.05, 3.63) is 45.1 Å². The van der Waals surface area contributed by atoms with E-state index in [1.807, 2.05) is 0 Å². The first-order valence-electron chi connectivity index (χ1n) is 8.20. The van der Waals surface area contributed by atoms with E-state index in [0.717, 1.165) is 11.3 Å². The summed E-state index contributed by atoms with van der Waals surface area (Å²) in [5.41, 5.74) is 6.58. The maximum absolute atomic E-state index is 12.2. The van der Waals surface area contributed by atoms with Crippen molar-refractivity contribution in [2.45, 2.75) is 20.5 Å². The van der Waals surface area contributed by atoms with E-state index in [4.69, 9.17) is 26.8 Å². The van der Waals surface area contributed by atoms with Gasteiger partial charge in [0.1, 0.15) is 26.8 Å². The Balaban J connectivity index is 1.85. The maximum atomic E-state index is 12.2. The average molecular weight is 422 g/mol. The first-order valence-corrected chi connectivity index (χ1v) is 9.39. The number of hydrogen-bond donors (Lipinski definition) is 2. The van der Waals surface area contributed by atoms with Crippen LogP contribution in [0.2, 0.25) is 5.02 Å². The summed E-state index contributed by atoms with van der Waals surface area (Å²) in [4.78, 5) is 33.6. The second kappa shape index (κ2) is 7.99. The van der Waals surface area contributed by atoms with Crippen LogP contribution in [0, 0.1) is 6.92 Å². The Kier molecular flexibility index (Phi) is 5.66. The highest BCUT2D eigenvalue weighted by Crippen LogP contribution is 2.33. The Morgan fingerprint density at radius 2 is 2.00 bits per heavy atom. The number of nitrogen functional groups attached to an aromatic ring is 1. The highest BCUT2D eigenvalue weighted by molar-refractivity contribution is 7.20. The molecule has 0 aliphatic rings. The van der Waals surface area contributed by atoms with E-state index in [9.17, 15) is 14.7 Å². The molecule has 2 aromatic heterocycles. The zero-order chi connectivity index (χ0) is 20.4. The molecule has 0 fully saturated rings.